The fraction of sp³-hybridized carbons (Fsp3) is 0.300. The SMILES string of the molecule is NCc1nn2c(CCc3cccs3)nnc2s1. The molecule has 0 amide bonds. The first-order valence-electron chi connectivity index (χ1n) is 5.29. The summed E-state index contributed by atoms with van der Waals surface area (Å²) in [5.74, 6) is 0.907. The van der Waals surface area contributed by atoms with Crippen molar-refractivity contribution in [2.45, 2.75) is 19.4 Å². The molecule has 17 heavy (non-hydrogen) atoms. The van der Waals surface area contributed by atoms with E-state index in [4.69, 9.17) is 5.73 Å². The van der Waals surface area contributed by atoms with Gasteiger partial charge in [0.1, 0.15) is 5.01 Å². The maximum Gasteiger partial charge on any atom is 0.234 e. The molecule has 0 aliphatic heterocycles. The Balaban J connectivity index is 1.82. The fourth-order valence-corrected chi connectivity index (χ4v) is 3.07. The molecular formula is C10H11N5S2. The van der Waals surface area contributed by atoms with E-state index in [2.05, 4.69) is 32.8 Å². The van der Waals surface area contributed by atoms with Crippen LogP contribution in [0.5, 0.6) is 0 Å². The third-order valence-corrected chi connectivity index (χ3v) is 4.30. The van der Waals surface area contributed by atoms with E-state index in [1.54, 1.807) is 15.9 Å². The third-order valence-electron chi connectivity index (χ3n) is 2.45. The molecule has 3 aromatic rings. The number of fused-ring (bicyclic) bond motifs is 1. The van der Waals surface area contributed by atoms with Crippen molar-refractivity contribution < 1.29 is 0 Å². The van der Waals surface area contributed by atoms with Gasteiger partial charge in [-0.1, -0.05) is 17.4 Å². The second kappa shape index (κ2) is 4.52. The van der Waals surface area contributed by atoms with Gasteiger partial charge in [0.15, 0.2) is 5.82 Å². The van der Waals surface area contributed by atoms with Crippen LogP contribution in [-0.4, -0.2) is 19.8 Å². The zero-order valence-corrected chi connectivity index (χ0v) is 10.7. The molecule has 0 bridgehead atoms. The topological polar surface area (TPSA) is 69.1 Å². The van der Waals surface area contributed by atoms with Crippen molar-refractivity contribution in [3.05, 3.63) is 33.2 Å². The Bertz CT molecular complexity index is 610. The molecule has 0 spiro atoms. The summed E-state index contributed by atoms with van der Waals surface area (Å²) < 4.78 is 1.81. The quantitative estimate of drug-likeness (QED) is 0.776. The van der Waals surface area contributed by atoms with E-state index in [1.165, 1.54) is 16.2 Å². The van der Waals surface area contributed by atoms with Gasteiger partial charge in [-0.05, 0) is 17.9 Å². The lowest BCUT2D eigenvalue weighted by Crippen LogP contribution is -2.01. The molecule has 3 rings (SSSR count). The number of aryl methyl sites for hydroxylation is 2. The zero-order valence-electron chi connectivity index (χ0n) is 9.04. The minimum absolute atomic E-state index is 0.457. The van der Waals surface area contributed by atoms with Crippen molar-refractivity contribution in [3.63, 3.8) is 0 Å². The molecular weight excluding hydrogens is 254 g/mol. The molecule has 0 aromatic carbocycles. The van der Waals surface area contributed by atoms with Gasteiger partial charge >= 0.3 is 0 Å². The molecule has 0 radical (unpaired) electrons. The number of hydrogen-bond acceptors (Lipinski definition) is 6. The standard InChI is InChI=1S/C10H11N5S2/c11-6-9-14-15-8(12-13-10(15)17-9)4-3-7-2-1-5-16-7/h1-2,5H,3-4,6,11H2. The number of nitrogens with zero attached hydrogens (tertiary/aromatic N) is 4. The van der Waals surface area contributed by atoms with Crippen molar-refractivity contribution in [2.75, 3.05) is 0 Å². The molecule has 2 N–H and O–H groups in total. The van der Waals surface area contributed by atoms with Crippen LogP contribution in [0.15, 0.2) is 17.5 Å². The third kappa shape index (κ3) is 2.08. The van der Waals surface area contributed by atoms with Crippen LogP contribution in [0.4, 0.5) is 0 Å². The van der Waals surface area contributed by atoms with Gasteiger partial charge in [0.2, 0.25) is 4.96 Å². The summed E-state index contributed by atoms with van der Waals surface area (Å²) in [6, 6.07) is 4.20. The van der Waals surface area contributed by atoms with E-state index in [0.29, 0.717) is 6.54 Å². The summed E-state index contributed by atoms with van der Waals surface area (Å²) >= 11 is 3.26. The van der Waals surface area contributed by atoms with Gasteiger partial charge < -0.3 is 5.73 Å². The number of hydrogen-bond donors (Lipinski definition) is 1. The molecule has 0 saturated carbocycles. The summed E-state index contributed by atoms with van der Waals surface area (Å²) in [5, 5.41) is 15.6. The Morgan fingerprint density at radius 1 is 1.29 bits per heavy atom. The van der Waals surface area contributed by atoms with Gasteiger partial charge in [-0.2, -0.15) is 9.61 Å². The van der Waals surface area contributed by atoms with Gasteiger partial charge in [-0.15, -0.1) is 21.5 Å². The average Bonchev–Trinajstić information content (AvgIpc) is 3.03. The van der Waals surface area contributed by atoms with Crippen molar-refractivity contribution in [1.29, 1.82) is 0 Å². The molecule has 0 aliphatic rings. The zero-order chi connectivity index (χ0) is 11.7. The number of nitrogens with two attached hydrogens (primary N) is 1. The Labute approximate surface area is 106 Å². The minimum atomic E-state index is 0.457. The molecule has 0 saturated heterocycles. The first kappa shape index (κ1) is 10.8. The van der Waals surface area contributed by atoms with Crippen LogP contribution in [-0.2, 0) is 19.4 Å². The van der Waals surface area contributed by atoms with Crippen LogP contribution < -0.4 is 5.73 Å². The van der Waals surface area contributed by atoms with E-state index in [1.807, 2.05) is 0 Å². The highest BCUT2D eigenvalue weighted by Crippen LogP contribution is 2.16. The smallest absolute Gasteiger partial charge is 0.234 e. The molecule has 0 fully saturated rings. The van der Waals surface area contributed by atoms with Crippen molar-refractivity contribution in [3.8, 4) is 0 Å². The lowest BCUT2D eigenvalue weighted by molar-refractivity contribution is 0.780. The Hall–Kier alpha value is -1.31. The molecule has 88 valence electrons. The number of rotatable bonds is 4. The van der Waals surface area contributed by atoms with E-state index in [-0.39, 0.29) is 0 Å². The molecule has 0 unspecified atom stereocenters. The molecule has 3 aromatic heterocycles. The predicted molar refractivity (Wildman–Crippen MR) is 68.3 cm³/mol. The highest BCUT2D eigenvalue weighted by molar-refractivity contribution is 7.16. The van der Waals surface area contributed by atoms with Crippen molar-refractivity contribution in [2.24, 2.45) is 5.73 Å². The van der Waals surface area contributed by atoms with Gasteiger partial charge in [0.25, 0.3) is 0 Å². The Morgan fingerprint density at radius 2 is 2.24 bits per heavy atom. The summed E-state index contributed by atoms with van der Waals surface area (Å²) in [7, 11) is 0. The molecule has 5 nitrogen and oxygen atoms in total. The maximum atomic E-state index is 5.56. The lowest BCUT2D eigenvalue weighted by Gasteiger charge is -1.94. The number of aromatic nitrogens is 4. The highest BCUT2D eigenvalue weighted by Gasteiger charge is 2.10. The van der Waals surface area contributed by atoms with Gasteiger partial charge in [0.05, 0.1) is 0 Å². The minimum Gasteiger partial charge on any atom is -0.324 e. The Kier molecular flexibility index (Phi) is 2.87. The first-order valence-corrected chi connectivity index (χ1v) is 6.99. The maximum absolute atomic E-state index is 5.56. The van der Waals surface area contributed by atoms with Gasteiger partial charge in [0, 0.05) is 17.8 Å². The van der Waals surface area contributed by atoms with Crippen molar-refractivity contribution in [1.82, 2.24) is 19.8 Å². The van der Waals surface area contributed by atoms with Crippen LogP contribution in [0.2, 0.25) is 0 Å². The largest absolute Gasteiger partial charge is 0.324 e. The number of thiophene rings is 1. The second-order valence-corrected chi connectivity index (χ2v) is 5.66. The summed E-state index contributed by atoms with van der Waals surface area (Å²) in [6.07, 6.45) is 1.84. The lowest BCUT2D eigenvalue weighted by atomic mass is 10.2. The van der Waals surface area contributed by atoms with Crippen molar-refractivity contribution >= 4 is 27.6 Å². The fourth-order valence-electron chi connectivity index (χ4n) is 1.63. The van der Waals surface area contributed by atoms with E-state index in [9.17, 15) is 0 Å². The average molecular weight is 265 g/mol. The summed E-state index contributed by atoms with van der Waals surface area (Å²) in [5.41, 5.74) is 5.56. The van der Waals surface area contributed by atoms with Gasteiger partial charge in [-0.25, -0.2) is 0 Å². The Morgan fingerprint density at radius 3 is 3.00 bits per heavy atom. The van der Waals surface area contributed by atoms with Crippen LogP contribution in [0.25, 0.3) is 4.96 Å². The molecule has 3 heterocycles. The molecule has 0 aliphatic carbocycles. The van der Waals surface area contributed by atoms with Crippen LogP contribution in [0.1, 0.15) is 15.7 Å². The van der Waals surface area contributed by atoms with E-state index in [0.717, 1.165) is 28.6 Å². The van der Waals surface area contributed by atoms with Crippen LogP contribution in [0, 0.1) is 0 Å². The van der Waals surface area contributed by atoms with Crippen LogP contribution >= 0.6 is 22.7 Å². The van der Waals surface area contributed by atoms with Gasteiger partial charge in [-0.3, -0.25) is 0 Å². The molecule has 0 atom stereocenters. The first-order chi connectivity index (χ1) is 8.36. The summed E-state index contributed by atoms with van der Waals surface area (Å²) in [4.78, 5) is 2.18. The van der Waals surface area contributed by atoms with E-state index >= 15 is 0 Å². The predicted octanol–water partition coefficient (Wildman–Crippen LogP) is 1.49. The second-order valence-electron chi connectivity index (χ2n) is 3.59. The monoisotopic (exact) mass is 265 g/mol. The normalized spacial score (nSPS) is 11.4. The highest BCUT2D eigenvalue weighted by atomic mass is 32.1. The summed E-state index contributed by atoms with van der Waals surface area (Å²) in [6.45, 7) is 0.457. The van der Waals surface area contributed by atoms with E-state index < -0.39 is 0 Å². The molecule has 7 heteroatoms. The van der Waals surface area contributed by atoms with Crippen LogP contribution in [0.3, 0.4) is 0 Å².